The van der Waals surface area contributed by atoms with E-state index < -0.39 is 0 Å². The van der Waals surface area contributed by atoms with Crippen molar-refractivity contribution in [2.75, 3.05) is 0 Å². The number of benzene rings is 2. The average Bonchev–Trinajstić information content (AvgIpc) is 2.32. The Hall–Kier alpha value is -1.87. The first-order valence-corrected chi connectivity index (χ1v) is 5.71. The van der Waals surface area contributed by atoms with Gasteiger partial charge in [0.05, 0.1) is 5.56 Å². The van der Waals surface area contributed by atoms with Crippen LogP contribution in [-0.4, -0.2) is 4.99 Å². The van der Waals surface area contributed by atoms with Crippen molar-refractivity contribution in [1.29, 1.82) is 0 Å². The summed E-state index contributed by atoms with van der Waals surface area (Å²) in [6.07, 6.45) is 0. The highest BCUT2D eigenvalue weighted by Gasteiger charge is 2.06. The van der Waals surface area contributed by atoms with E-state index in [4.69, 9.17) is 22.7 Å². The molecule has 0 radical (unpaired) electrons. The molecule has 2 N–H and O–H groups in total. The molecule has 0 aliphatic heterocycles. The lowest BCUT2D eigenvalue weighted by molar-refractivity contribution is 0.481. The van der Waals surface area contributed by atoms with E-state index in [-0.39, 0.29) is 0 Å². The lowest BCUT2D eigenvalue weighted by Crippen LogP contribution is -2.10. The molecule has 86 valence electrons. The normalized spacial score (nSPS) is 9.94. The number of hydrogen-bond donors (Lipinski definition) is 1. The lowest BCUT2D eigenvalue weighted by atomic mass is 10.2. The molecule has 0 spiro atoms. The van der Waals surface area contributed by atoms with Crippen molar-refractivity contribution in [2.45, 2.75) is 6.92 Å². The standard InChI is InChI=1S/C14H13NOS/c1-10-6-8-11(9-7-10)16-13-5-3-2-4-12(13)14(15)17/h2-9H,1H3,(H2,15,17). The molecule has 3 heteroatoms. The summed E-state index contributed by atoms with van der Waals surface area (Å²) in [5.41, 5.74) is 7.59. The SMILES string of the molecule is Cc1ccc(Oc2ccccc2C(N)=S)cc1. The maximum Gasteiger partial charge on any atom is 0.137 e. The van der Waals surface area contributed by atoms with E-state index in [1.54, 1.807) is 0 Å². The largest absolute Gasteiger partial charge is 0.457 e. The third-order valence-corrected chi connectivity index (χ3v) is 2.62. The number of thiocarbonyl (C=S) groups is 1. The number of para-hydroxylation sites is 1. The van der Waals surface area contributed by atoms with E-state index in [0.29, 0.717) is 10.7 Å². The number of hydrogen-bond acceptors (Lipinski definition) is 2. The molecule has 0 fully saturated rings. The van der Waals surface area contributed by atoms with Crippen LogP contribution >= 0.6 is 12.2 Å². The molecular weight excluding hydrogens is 230 g/mol. The zero-order valence-electron chi connectivity index (χ0n) is 9.51. The van der Waals surface area contributed by atoms with E-state index in [9.17, 15) is 0 Å². The quantitative estimate of drug-likeness (QED) is 0.839. The maximum absolute atomic E-state index is 5.76. The first kappa shape index (κ1) is 11.6. The van der Waals surface area contributed by atoms with Gasteiger partial charge in [-0.2, -0.15) is 0 Å². The molecule has 2 aromatic carbocycles. The topological polar surface area (TPSA) is 35.2 Å². The van der Waals surface area contributed by atoms with Gasteiger partial charge in [-0.1, -0.05) is 42.0 Å². The van der Waals surface area contributed by atoms with E-state index >= 15 is 0 Å². The monoisotopic (exact) mass is 243 g/mol. The number of nitrogens with two attached hydrogens (primary N) is 1. The summed E-state index contributed by atoms with van der Waals surface area (Å²) >= 11 is 4.98. The summed E-state index contributed by atoms with van der Waals surface area (Å²) in [5.74, 6) is 1.46. The van der Waals surface area contributed by atoms with Gasteiger partial charge in [0.1, 0.15) is 16.5 Å². The summed E-state index contributed by atoms with van der Waals surface area (Å²) < 4.78 is 5.76. The molecular formula is C14H13NOS. The van der Waals surface area contributed by atoms with E-state index in [1.165, 1.54) is 5.56 Å². The molecule has 17 heavy (non-hydrogen) atoms. The summed E-state index contributed by atoms with van der Waals surface area (Å²) in [6.45, 7) is 2.03. The molecule has 0 saturated carbocycles. The van der Waals surface area contributed by atoms with Crippen molar-refractivity contribution in [2.24, 2.45) is 5.73 Å². The van der Waals surface area contributed by atoms with Crippen LogP contribution in [0.2, 0.25) is 0 Å². The van der Waals surface area contributed by atoms with Gasteiger partial charge in [-0.15, -0.1) is 0 Å². The Morgan fingerprint density at radius 1 is 1.06 bits per heavy atom. The van der Waals surface area contributed by atoms with Gasteiger partial charge >= 0.3 is 0 Å². The Bertz CT molecular complexity index is 534. The predicted octanol–water partition coefficient (Wildman–Crippen LogP) is 3.42. The van der Waals surface area contributed by atoms with Crippen molar-refractivity contribution >= 4 is 17.2 Å². The van der Waals surface area contributed by atoms with Crippen molar-refractivity contribution in [3.63, 3.8) is 0 Å². The minimum absolute atomic E-state index is 0.340. The van der Waals surface area contributed by atoms with Crippen molar-refractivity contribution in [1.82, 2.24) is 0 Å². The molecule has 0 aromatic heterocycles. The molecule has 0 heterocycles. The first-order valence-electron chi connectivity index (χ1n) is 5.30. The fourth-order valence-electron chi connectivity index (χ4n) is 1.49. The minimum Gasteiger partial charge on any atom is -0.457 e. The summed E-state index contributed by atoms with van der Waals surface area (Å²) in [7, 11) is 0. The first-order chi connectivity index (χ1) is 8.16. The number of rotatable bonds is 3. The van der Waals surface area contributed by atoms with Crippen molar-refractivity contribution in [3.8, 4) is 11.5 Å². The van der Waals surface area contributed by atoms with Gasteiger partial charge < -0.3 is 10.5 Å². The van der Waals surface area contributed by atoms with Crippen LogP contribution in [0.5, 0.6) is 11.5 Å². The van der Waals surface area contributed by atoms with Crippen LogP contribution in [0.15, 0.2) is 48.5 Å². The van der Waals surface area contributed by atoms with Crippen molar-refractivity contribution in [3.05, 3.63) is 59.7 Å². The van der Waals surface area contributed by atoms with Gasteiger partial charge in [-0.25, -0.2) is 0 Å². The molecule has 0 saturated heterocycles. The second-order valence-electron chi connectivity index (χ2n) is 3.78. The molecule has 0 aliphatic carbocycles. The van der Waals surface area contributed by atoms with Crippen LogP contribution in [0.1, 0.15) is 11.1 Å². The van der Waals surface area contributed by atoms with Gasteiger partial charge in [0.2, 0.25) is 0 Å². The average molecular weight is 243 g/mol. The van der Waals surface area contributed by atoms with Gasteiger partial charge in [-0.05, 0) is 31.2 Å². The Labute approximate surface area is 106 Å². The highest BCUT2D eigenvalue weighted by atomic mass is 32.1. The highest BCUT2D eigenvalue weighted by Crippen LogP contribution is 2.25. The summed E-state index contributed by atoms with van der Waals surface area (Å²) in [6, 6.07) is 15.3. The van der Waals surface area contributed by atoms with E-state index in [1.807, 2.05) is 55.5 Å². The molecule has 0 unspecified atom stereocenters. The number of ether oxygens (including phenoxy) is 1. The zero-order valence-corrected chi connectivity index (χ0v) is 10.3. The van der Waals surface area contributed by atoms with Gasteiger partial charge in [0.25, 0.3) is 0 Å². The third kappa shape index (κ3) is 2.82. The lowest BCUT2D eigenvalue weighted by Gasteiger charge is -2.10. The predicted molar refractivity (Wildman–Crippen MR) is 73.6 cm³/mol. The number of aryl methyl sites for hydroxylation is 1. The Morgan fingerprint density at radius 2 is 1.71 bits per heavy atom. The summed E-state index contributed by atoms with van der Waals surface area (Å²) in [5, 5.41) is 0. The smallest absolute Gasteiger partial charge is 0.137 e. The van der Waals surface area contributed by atoms with Crippen LogP contribution in [-0.2, 0) is 0 Å². The van der Waals surface area contributed by atoms with Crippen LogP contribution in [0.3, 0.4) is 0 Å². The van der Waals surface area contributed by atoms with Crippen LogP contribution in [0, 0.1) is 6.92 Å². The zero-order chi connectivity index (χ0) is 12.3. The van der Waals surface area contributed by atoms with Gasteiger partial charge in [0.15, 0.2) is 0 Å². The van der Waals surface area contributed by atoms with Gasteiger partial charge in [0, 0.05) is 0 Å². The molecule has 0 bridgehead atoms. The Balaban J connectivity index is 2.30. The molecule has 2 aromatic rings. The second kappa shape index (κ2) is 4.97. The molecule has 2 rings (SSSR count). The fraction of sp³-hybridized carbons (Fsp3) is 0.0714. The second-order valence-corrected chi connectivity index (χ2v) is 4.22. The molecule has 0 atom stereocenters. The van der Waals surface area contributed by atoms with Gasteiger partial charge in [-0.3, -0.25) is 0 Å². The maximum atomic E-state index is 5.76. The van der Waals surface area contributed by atoms with E-state index in [0.717, 1.165) is 11.3 Å². The highest BCUT2D eigenvalue weighted by molar-refractivity contribution is 7.80. The molecule has 2 nitrogen and oxygen atoms in total. The van der Waals surface area contributed by atoms with Crippen molar-refractivity contribution < 1.29 is 4.74 Å². The molecule has 0 aliphatic rings. The third-order valence-electron chi connectivity index (χ3n) is 2.40. The minimum atomic E-state index is 0.340. The van der Waals surface area contributed by atoms with Crippen LogP contribution in [0.25, 0.3) is 0 Å². The summed E-state index contributed by atoms with van der Waals surface area (Å²) in [4.78, 5) is 0.340. The Kier molecular flexibility index (Phi) is 3.40. The Morgan fingerprint density at radius 3 is 2.35 bits per heavy atom. The van der Waals surface area contributed by atoms with E-state index in [2.05, 4.69) is 0 Å². The molecule has 0 amide bonds. The van der Waals surface area contributed by atoms with Crippen LogP contribution in [0.4, 0.5) is 0 Å². The fourth-order valence-corrected chi connectivity index (χ4v) is 1.66. The van der Waals surface area contributed by atoms with Crippen LogP contribution < -0.4 is 10.5 Å².